The number of amides is 2. The van der Waals surface area contributed by atoms with Crippen LogP contribution in [-0.4, -0.2) is 49.7 Å². The van der Waals surface area contributed by atoms with Crippen molar-refractivity contribution in [3.8, 4) is 0 Å². The van der Waals surface area contributed by atoms with Crippen molar-refractivity contribution in [3.05, 3.63) is 41.6 Å². The monoisotopic (exact) mass is 495 g/mol. The van der Waals surface area contributed by atoms with E-state index in [1.54, 1.807) is 0 Å². The molecule has 0 spiro atoms. The highest BCUT2D eigenvalue weighted by Crippen LogP contribution is 2.50. The standard InChI is InChI=1S/C18H13F8N7O/c1-16(18(24,25)26)7-32(15(34)29-9-2-10(14(19)20)30-28-5-9)11-6-27-12-3-8(4-17(21,22)23)31-33(12)13(11)16/h2-3,5-6,14H,4,7H2,1H3,(H,29,30,34). The van der Waals surface area contributed by atoms with Gasteiger partial charge in [-0.1, -0.05) is 0 Å². The Kier molecular flexibility index (Phi) is 5.36. The highest BCUT2D eigenvalue weighted by atomic mass is 19.4. The van der Waals surface area contributed by atoms with Gasteiger partial charge in [-0.2, -0.15) is 36.5 Å². The average Bonchev–Trinajstić information content (AvgIpc) is 3.25. The largest absolute Gasteiger partial charge is 0.401 e. The van der Waals surface area contributed by atoms with Gasteiger partial charge in [0.2, 0.25) is 0 Å². The summed E-state index contributed by atoms with van der Waals surface area (Å²) >= 11 is 0. The van der Waals surface area contributed by atoms with E-state index in [9.17, 15) is 39.9 Å². The van der Waals surface area contributed by atoms with E-state index in [0.29, 0.717) is 9.42 Å². The SMILES string of the molecule is CC1(C(F)(F)F)CN(C(=O)Nc2cnnc(C(F)F)c2)c2cnc3cc(CC(F)(F)F)nn3c21. The molecular formula is C18H13F8N7O. The lowest BCUT2D eigenvalue weighted by Crippen LogP contribution is -2.46. The Hall–Kier alpha value is -3.59. The second-order valence-corrected chi connectivity index (χ2v) is 7.71. The molecule has 0 fully saturated rings. The maximum absolute atomic E-state index is 14.1. The van der Waals surface area contributed by atoms with Crippen molar-refractivity contribution in [1.29, 1.82) is 0 Å². The van der Waals surface area contributed by atoms with Crippen LogP contribution in [0.4, 0.5) is 51.3 Å². The van der Waals surface area contributed by atoms with Crippen LogP contribution < -0.4 is 10.2 Å². The minimum absolute atomic E-state index is 0.252. The molecule has 3 aromatic rings. The van der Waals surface area contributed by atoms with E-state index in [4.69, 9.17) is 0 Å². The van der Waals surface area contributed by atoms with Gasteiger partial charge in [-0.15, -0.1) is 5.10 Å². The highest BCUT2D eigenvalue weighted by molar-refractivity contribution is 6.03. The Morgan fingerprint density at radius 2 is 1.88 bits per heavy atom. The molecule has 2 amide bonds. The van der Waals surface area contributed by atoms with Gasteiger partial charge >= 0.3 is 18.4 Å². The maximum Gasteiger partial charge on any atom is 0.401 e. The third kappa shape index (κ3) is 4.07. The van der Waals surface area contributed by atoms with Crippen LogP contribution in [0.5, 0.6) is 0 Å². The lowest BCUT2D eigenvalue weighted by atomic mass is 9.88. The summed E-state index contributed by atoms with van der Waals surface area (Å²) < 4.78 is 107. The number of alkyl halides is 8. The van der Waals surface area contributed by atoms with Gasteiger partial charge in [-0.3, -0.25) is 4.90 Å². The fourth-order valence-electron chi connectivity index (χ4n) is 3.61. The molecule has 1 aliphatic rings. The summed E-state index contributed by atoms with van der Waals surface area (Å²) in [6.07, 6.45) is -12.3. The number of urea groups is 1. The summed E-state index contributed by atoms with van der Waals surface area (Å²) in [6.45, 7) is -0.195. The quantitative estimate of drug-likeness (QED) is 0.544. The van der Waals surface area contributed by atoms with E-state index >= 15 is 0 Å². The van der Waals surface area contributed by atoms with Crippen molar-refractivity contribution in [3.63, 3.8) is 0 Å². The Labute approximate surface area is 184 Å². The summed E-state index contributed by atoms with van der Waals surface area (Å²) in [5.74, 6) is 0. The van der Waals surface area contributed by atoms with Crippen molar-refractivity contribution in [2.75, 3.05) is 16.8 Å². The van der Waals surface area contributed by atoms with Gasteiger partial charge in [0.05, 0.1) is 41.6 Å². The van der Waals surface area contributed by atoms with E-state index in [-0.39, 0.29) is 17.0 Å². The van der Waals surface area contributed by atoms with Gasteiger partial charge in [0, 0.05) is 12.6 Å². The number of nitrogens with one attached hydrogen (secondary N) is 1. The molecule has 34 heavy (non-hydrogen) atoms. The van der Waals surface area contributed by atoms with Crippen LogP contribution in [0.15, 0.2) is 24.5 Å². The molecule has 1 N–H and O–H groups in total. The number of nitrogens with zero attached hydrogens (tertiary/aromatic N) is 6. The molecule has 3 aromatic heterocycles. The zero-order valence-electron chi connectivity index (χ0n) is 16.9. The number of fused-ring (bicyclic) bond motifs is 3. The van der Waals surface area contributed by atoms with Crippen LogP contribution in [0.2, 0.25) is 0 Å². The molecule has 0 bridgehead atoms. The van der Waals surface area contributed by atoms with Gasteiger partial charge in [-0.05, 0) is 13.0 Å². The van der Waals surface area contributed by atoms with Gasteiger partial charge in [0.15, 0.2) is 5.65 Å². The topological polar surface area (TPSA) is 88.3 Å². The van der Waals surface area contributed by atoms with Crippen molar-refractivity contribution >= 4 is 23.1 Å². The fourth-order valence-corrected chi connectivity index (χ4v) is 3.61. The minimum atomic E-state index is -4.94. The molecule has 0 saturated carbocycles. The van der Waals surface area contributed by atoms with Crippen LogP contribution >= 0.6 is 0 Å². The molecule has 0 aromatic carbocycles. The maximum atomic E-state index is 14.1. The number of aromatic nitrogens is 5. The summed E-state index contributed by atoms with van der Waals surface area (Å²) in [6, 6.07) is 0.571. The molecule has 0 radical (unpaired) electrons. The number of anilines is 2. The van der Waals surface area contributed by atoms with Gasteiger partial charge < -0.3 is 5.32 Å². The first kappa shape index (κ1) is 23.6. The van der Waals surface area contributed by atoms with Crippen LogP contribution in [0.25, 0.3) is 5.65 Å². The summed E-state index contributed by atoms with van der Waals surface area (Å²) in [4.78, 5) is 17.3. The molecule has 1 aliphatic heterocycles. The van der Waals surface area contributed by atoms with Crippen molar-refractivity contribution < 1.29 is 39.9 Å². The summed E-state index contributed by atoms with van der Waals surface area (Å²) in [7, 11) is 0. The molecule has 4 heterocycles. The second kappa shape index (κ2) is 7.73. The lowest BCUT2D eigenvalue weighted by Gasteiger charge is -2.28. The highest BCUT2D eigenvalue weighted by Gasteiger charge is 2.60. The number of rotatable bonds is 3. The van der Waals surface area contributed by atoms with Crippen LogP contribution in [-0.2, 0) is 11.8 Å². The zero-order valence-corrected chi connectivity index (χ0v) is 16.9. The molecule has 16 heteroatoms. The fraction of sp³-hybridized carbons (Fsp3) is 0.389. The third-order valence-corrected chi connectivity index (χ3v) is 5.20. The first-order chi connectivity index (χ1) is 15.7. The predicted octanol–water partition coefficient (Wildman–Crippen LogP) is 4.43. The second-order valence-electron chi connectivity index (χ2n) is 7.71. The smallest absolute Gasteiger partial charge is 0.306 e. The Balaban J connectivity index is 1.77. The molecule has 0 saturated heterocycles. The van der Waals surface area contributed by atoms with Crippen LogP contribution in [0.3, 0.4) is 0 Å². The molecule has 182 valence electrons. The van der Waals surface area contributed by atoms with E-state index in [1.807, 2.05) is 0 Å². The number of halogens is 8. The minimum Gasteiger partial charge on any atom is -0.306 e. The molecule has 8 nitrogen and oxygen atoms in total. The summed E-state index contributed by atoms with van der Waals surface area (Å²) in [5, 5.41) is 12.3. The average molecular weight is 495 g/mol. The van der Waals surface area contributed by atoms with Crippen LogP contribution in [0.1, 0.15) is 30.4 Å². The Morgan fingerprint density at radius 3 is 2.50 bits per heavy atom. The van der Waals surface area contributed by atoms with E-state index in [1.165, 1.54) is 0 Å². The number of carbonyl (C=O) groups excluding carboxylic acids is 1. The molecule has 1 atom stereocenters. The number of carbonyl (C=O) groups is 1. The normalized spacial score (nSPS) is 18.6. The molecular weight excluding hydrogens is 482 g/mol. The first-order valence-electron chi connectivity index (χ1n) is 9.40. The summed E-state index contributed by atoms with van der Waals surface area (Å²) in [5.41, 5.74) is -5.52. The van der Waals surface area contributed by atoms with Crippen molar-refractivity contribution in [2.45, 2.75) is 37.5 Å². The Morgan fingerprint density at radius 1 is 1.18 bits per heavy atom. The predicted molar refractivity (Wildman–Crippen MR) is 99.5 cm³/mol. The van der Waals surface area contributed by atoms with Gasteiger partial charge in [-0.25, -0.2) is 23.1 Å². The van der Waals surface area contributed by atoms with Crippen LogP contribution in [0, 0.1) is 0 Å². The van der Waals surface area contributed by atoms with E-state index in [2.05, 4.69) is 25.6 Å². The third-order valence-electron chi connectivity index (χ3n) is 5.20. The van der Waals surface area contributed by atoms with Crippen molar-refractivity contribution in [1.82, 2.24) is 24.8 Å². The number of hydrogen-bond donors (Lipinski definition) is 1. The van der Waals surface area contributed by atoms with E-state index in [0.717, 1.165) is 31.5 Å². The lowest BCUT2D eigenvalue weighted by molar-refractivity contribution is -0.181. The van der Waals surface area contributed by atoms with Gasteiger partial charge in [0.25, 0.3) is 6.43 Å². The molecule has 1 unspecified atom stereocenters. The number of hydrogen-bond acceptors (Lipinski definition) is 5. The Bertz CT molecular complexity index is 1260. The van der Waals surface area contributed by atoms with E-state index < -0.39 is 60.3 Å². The zero-order chi connectivity index (χ0) is 25.1. The van der Waals surface area contributed by atoms with Gasteiger partial charge in [0.1, 0.15) is 11.1 Å². The molecule has 4 rings (SSSR count). The molecule has 0 aliphatic carbocycles. The van der Waals surface area contributed by atoms with Crippen molar-refractivity contribution in [2.24, 2.45) is 0 Å². The first-order valence-corrected chi connectivity index (χ1v) is 9.40.